The molecule has 0 aromatic heterocycles. The zero-order valence-electron chi connectivity index (χ0n) is 13.3. The zero-order valence-corrected chi connectivity index (χ0v) is 14.1. The predicted octanol–water partition coefficient (Wildman–Crippen LogP) is 4.19. The van der Waals surface area contributed by atoms with Crippen LogP contribution in [0.3, 0.4) is 0 Å². The lowest BCUT2D eigenvalue weighted by Crippen LogP contribution is -2.25. The highest BCUT2D eigenvalue weighted by Gasteiger charge is 2.10. The van der Waals surface area contributed by atoms with Crippen LogP contribution < -0.4 is 10.2 Å². The molecule has 0 atom stereocenters. The number of nitrogens with zero attached hydrogens (tertiary/aromatic N) is 1. The van der Waals surface area contributed by atoms with Crippen LogP contribution in [0, 0.1) is 0 Å². The molecule has 0 spiro atoms. The first-order valence-electron chi connectivity index (χ1n) is 7.16. The molecule has 2 aromatic rings. The summed E-state index contributed by atoms with van der Waals surface area (Å²) in [5.41, 5.74) is 2.12. The maximum atomic E-state index is 11.9. The van der Waals surface area contributed by atoms with Gasteiger partial charge in [-0.3, -0.25) is 9.69 Å². The summed E-state index contributed by atoms with van der Waals surface area (Å²) in [6, 6.07) is 14.1. The highest BCUT2D eigenvalue weighted by atomic mass is 35.5. The standard InChI is InChI=1S/C18H17ClN2O3/c1-21(18(23)24-2)16-9-7-15(8-10-16)20-17(22)11-6-13-4-3-5-14(19)12-13/h3-12H,1-2H3,(H,20,22)/b11-6+. The molecule has 6 heteroatoms. The predicted molar refractivity (Wildman–Crippen MR) is 96.4 cm³/mol. The Morgan fingerprint density at radius 1 is 1.17 bits per heavy atom. The molecule has 0 saturated carbocycles. The number of hydrogen-bond acceptors (Lipinski definition) is 3. The highest BCUT2D eigenvalue weighted by Crippen LogP contribution is 2.17. The van der Waals surface area contributed by atoms with Gasteiger partial charge in [-0.25, -0.2) is 4.79 Å². The van der Waals surface area contributed by atoms with Crippen molar-refractivity contribution >= 4 is 41.1 Å². The van der Waals surface area contributed by atoms with Crippen molar-refractivity contribution in [2.24, 2.45) is 0 Å². The van der Waals surface area contributed by atoms with E-state index in [-0.39, 0.29) is 5.91 Å². The van der Waals surface area contributed by atoms with Crippen molar-refractivity contribution < 1.29 is 14.3 Å². The number of carbonyl (C=O) groups excluding carboxylic acids is 2. The average Bonchev–Trinajstić information content (AvgIpc) is 2.59. The zero-order chi connectivity index (χ0) is 17.5. The fourth-order valence-electron chi connectivity index (χ4n) is 1.98. The Balaban J connectivity index is 1.98. The summed E-state index contributed by atoms with van der Waals surface area (Å²) in [5, 5.41) is 3.36. The van der Waals surface area contributed by atoms with Gasteiger partial charge in [-0.05, 0) is 48.0 Å². The average molecular weight is 345 g/mol. The Bertz CT molecular complexity index is 757. The second-order valence-corrected chi connectivity index (χ2v) is 5.39. The van der Waals surface area contributed by atoms with Gasteiger partial charge < -0.3 is 10.1 Å². The number of halogens is 1. The molecule has 0 saturated heterocycles. The Kier molecular flexibility index (Phi) is 5.98. The van der Waals surface area contributed by atoms with Crippen LogP contribution in [0.25, 0.3) is 6.08 Å². The van der Waals surface area contributed by atoms with Crippen LogP contribution in [-0.4, -0.2) is 26.2 Å². The Hall–Kier alpha value is -2.79. The number of benzene rings is 2. The molecular weight excluding hydrogens is 328 g/mol. The SMILES string of the molecule is COC(=O)N(C)c1ccc(NC(=O)/C=C/c2cccc(Cl)c2)cc1. The molecule has 124 valence electrons. The third-order valence-corrected chi connectivity index (χ3v) is 3.48. The van der Waals surface area contributed by atoms with E-state index in [0.29, 0.717) is 16.4 Å². The number of ether oxygens (including phenoxy) is 1. The van der Waals surface area contributed by atoms with Gasteiger partial charge in [0.2, 0.25) is 5.91 Å². The van der Waals surface area contributed by atoms with Crippen molar-refractivity contribution in [3.05, 3.63) is 65.2 Å². The molecule has 2 rings (SSSR count). The van der Waals surface area contributed by atoms with Gasteiger partial charge in [0.15, 0.2) is 0 Å². The van der Waals surface area contributed by atoms with Crippen LogP contribution in [0.4, 0.5) is 16.2 Å². The van der Waals surface area contributed by atoms with E-state index in [4.69, 9.17) is 11.6 Å². The number of amides is 2. The lowest BCUT2D eigenvalue weighted by molar-refractivity contribution is -0.111. The maximum absolute atomic E-state index is 11.9. The lowest BCUT2D eigenvalue weighted by Gasteiger charge is -2.15. The molecule has 0 fully saturated rings. The number of methoxy groups -OCH3 is 1. The second kappa shape index (κ2) is 8.17. The van der Waals surface area contributed by atoms with Gasteiger partial charge in [0.25, 0.3) is 0 Å². The summed E-state index contributed by atoms with van der Waals surface area (Å²) < 4.78 is 4.64. The molecule has 2 amide bonds. The van der Waals surface area contributed by atoms with Crippen LogP contribution in [0.5, 0.6) is 0 Å². The van der Waals surface area contributed by atoms with Gasteiger partial charge in [-0.1, -0.05) is 23.7 Å². The molecule has 1 N–H and O–H groups in total. The summed E-state index contributed by atoms with van der Waals surface area (Å²) in [4.78, 5) is 24.7. The minimum Gasteiger partial charge on any atom is -0.452 e. The summed E-state index contributed by atoms with van der Waals surface area (Å²) in [7, 11) is 2.92. The largest absolute Gasteiger partial charge is 0.452 e. The minimum atomic E-state index is -0.462. The fourth-order valence-corrected chi connectivity index (χ4v) is 2.18. The molecular formula is C18H17ClN2O3. The van der Waals surface area contributed by atoms with Gasteiger partial charge in [0.05, 0.1) is 7.11 Å². The molecule has 0 aliphatic rings. The van der Waals surface area contributed by atoms with E-state index in [2.05, 4.69) is 10.1 Å². The highest BCUT2D eigenvalue weighted by molar-refractivity contribution is 6.30. The Morgan fingerprint density at radius 3 is 2.50 bits per heavy atom. The number of nitrogens with one attached hydrogen (secondary N) is 1. The summed E-state index contributed by atoms with van der Waals surface area (Å²) in [6.07, 6.45) is 2.65. The lowest BCUT2D eigenvalue weighted by atomic mass is 10.2. The molecule has 0 aliphatic heterocycles. The van der Waals surface area contributed by atoms with Crippen LogP contribution >= 0.6 is 11.6 Å². The molecule has 0 bridgehead atoms. The van der Waals surface area contributed by atoms with Gasteiger partial charge in [-0.15, -0.1) is 0 Å². The number of hydrogen-bond donors (Lipinski definition) is 1. The van der Waals surface area contributed by atoms with Gasteiger partial charge in [0, 0.05) is 29.5 Å². The van der Waals surface area contributed by atoms with Crippen molar-refractivity contribution in [3.63, 3.8) is 0 Å². The third-order valence-electron chi connectivity index (χ3n) is 3.25. The van der Waals surface area contributed by atoms with E-state index in [1.165, 1.54) is 18.1 Å². The molecule has 0 heterocycles. The smallest absolute Gasteiger partial charge is 0.413 e. The van der Waals surface area contributed by atoms with Crippen LogP contribution in [-0.2, 0) is 9.53 Å². The molecule has 24 heavy (non-hydrogen) atoms. The first-order chi connectivity index (χ1) is 11.5. The Labute approximate surface area is 145 Å². The molecule has 2 aromatic carbocycles. The Morgan fingerprint density at radius 2 is 1.88 bits per heavy atom. The van der Waals surface area contributed by atoms with E-state index in [1.54, 1.807) is 49.5 Å². The summed E-state index contributed by atoms with van der Waals surface area (Å²) in [5.74, 6) is -0.260. The van der Waals surface area contributed by atoms with Crippen molar-refractivity contribution in [1.82, 2.24) is 0 Å². The van der Waals surface area contributed by atoms with E-state index < -0.39 is 6.09 Å². The monoisotopic (exact) mass is 344 g/mol. The van der Waals surface area contributed by atoms with Gasteiger partial charge in [-0.2, -0.15) is 0 Å². The quantitative estimate of drug-likeness (QED) is 0.846. The van der Waals surface area contributed by atoms with Crippen molar-refractivity contribution in [3.8, 4) is 0 Å². The maximum Gasteiger partial charge on any atom is 0.413 e. The number of rotatable bonds is 4. The van der Waals surface area contributed by atoms with E-state index in [1.807, 2.05) is 12.1 Å². The van der Waals surface area contributed by atoms with Crippen molar-refractivity contribution in [2.45, 2.75) is 0 Å². The molecule has 0 aliphatic carbocycles. The van der Waals surface area contributed by atoms with Gasteiger partial charge in [0.1, 0.15) is 0 Å². The number of anilines is 2. The van der Waals surface area contributed by atoms with Gasteiger partial charge >= 0.3 is 6.09 Å². The van der Waals surface area contributed by atoms with E-state index in [0.717, 1.165) is 5.56 Å². The van der Waals surface area contributed by atoms with Crippen LogP contribution in [0.15, 0.2) is 54.6 Å². The van der Waals surface area contributed by atoms with E-state index >= 15 is 0 Å². The van der Waals surface area contributed by atoms with Crippen LogP contribution in [0.1, 0.15) is 5.56 Å². The summed E-state index contributed by atoms with van der Waals surface area (Å²) in [6.45, 7) is 0. The molecule has 0 radical (unpaired) electrons. The van der Waals surface area contributed by atoms with E-state index in [9.17, 15) is 9.59 Å². The molecule has 0 unspecified atom stereocenters. The molecule has 5 nitrogen and oxygen atoms in total. The normalized spacial score (nSPS) is 10.5. The minimum absolute atomic E-state index is 0.260. The number of carbonyl (C=O) groups is 2. The topological polar surface area (TPSA) is 58.6 Å². The van der Waals surface area contributed by atoms with Crippen molar-refractivity contribution in [1.29, 1.82) is 0 Å². The summed E-state index contributed by atoms with van der Waals surface area (Å²) >= 11 is 5.89. The van der Waals surface area contributed by atoms with Crippen LogP contribution in [0.2, 0.25) is 5.02 Å². The first-order valence-corrected chi connectivity index (χ1v) is 7.54. The van der Waals surface area contributed by atoms with Crippen molar-refractivity contribution in [2.75, 3.05) is 24.4 Å². The first kappa shape index (κ1) is 17.6. The second-order valence-electron chi connectivity index (χ2n) is 4.95. The third kappa shape index (κ3) is 4.86. The fraction of sp³-hybridized carbons (Fsp3) is 0.111.